The van der Waals surface area contributed by atoms with Crippen LogP contribution in [0.25, 0.3) is 0 Å². The van der Waals surface area contributed by atoms with Crippen LogP contribution in [0, 0.1) is 0 Å². The first-order chi connectivity index (χ1) is 7.01. The smallest absolute Gasteiger partial charge is 0.264 e. The molecule has 0 N–H and O–H groups in total. The predicted molar refractivity (Wildman–Crippen MR) is 60.3 cm³/mol. The number of rotatable bonds is 5. The summed E-state index contributed by atoms with van der Waals surface area (Å²) in [4.78, 5) is 2.38. The van der Waals surface area contributed by atoms with Crippen LogP contribution in [0.5, 0.6) is 0 Å². The van der Waals surface area contributed by atoms with Crippen molar-refractivity contribution in [3.63, 3.8) is 0 Å². The van der Waals surface area contributed by atoms with Gasteiger partial charge in [0.05, 0.1) is 12.4 Å². The Morgan fingerprint density at radius 1 is 1.33 bits per heavy atom. The number of nitrogens with zero attached hydrogens (tertiary/aromatic N) is 1. The Labute approximate surface area is 92.7 Å². The zero-order valence-corrected chi connectivity index (χ0v) is 10.4. The van der Waals surface area contributed by atoms with Gasteiger partial charge in [-0.2, -0.15) is 8.42 Å². The van der Waals surface area contributed by atoms with Crippen LogP contribution < -0.4 is 0 Å². The van der Waals surface area contributed by atoms with Crippen molar-refractivity contribution in [2.75, 3.05) is 25.9 Å². The van der Waals surface area contributed by atoms with Crippen LogP contribution in [-0.4, -0.2) is 45.3 Å². The fraction of sp³-hybridized carbons (Fsp3) is 1.00. The molecule has 0 aromatic heterocycles. The first-order valence-electron chi connectivity index (χ1n) is 5.62. The molecule has 90 valence electrons. The Balaban J connectivity index is 2.24. The van der Waals surface area contributed by atoms with E-state index in [9.17, 15) is 8.42 Å². The Kier molecular flexibility index (Phi) is 5.02. The van der Waals surface area contributed by atoms with Crippen LogP contribution in [-0.2, 0) is 14.3 Å². The van der Waals surface area contributed by atoms with Gasteiger partial charge in [0.25, 0.3) is 10.1 Å². The maximum Gasteiger partial charge on any atom is 0.264 e. The highest BCUT2D eigenvalue weighted by Gasteiger charge is 2.22. The molecule has 1 rings (SSSR count). The van der Waals surface area contributed by atoms with Crippen molar-refractivity contribution in [3.05, 3.63) is 0 Å². The van der Waals surface area contributed by atoms with Gasteiger partial charge in [0, 0.05) is 13.1 Å². The van der Waals surface area contributed by atoms with Crippen molar-refractivity contribution in [1.29, 1.82) is 0 Å². The number of hydrogen-bond acceptors (Lipinski definition) is 4. The van der Waals surface area contributed by atoms with Crippen molar-refractivity contribution in [2.45, 2.75) is 38.7 Å². The van der Waals surface area contributed by atoms with Crippen molar-refractivity contribution in [1.82, 2.24) is 4.90 Å². The van der Waals surface area contributed by atoms with E-state index in [1.165, 1.54) is 12.8 Å². The van der Waals surface area contributed by atoms with E-state index in [1.807, 2.05) is 0 Å². The van der Waals surface area contributed by atoms with E-state index in [0.717, 1.165) is 38.7 Å². The highest BCUT2D eigenvalue weighted by atomic mass is 32.2. The Bertz CT molecular complexity index is 268. The summed E-state index contributed by atoms with van der Waals surface area (Å²) in [5, 5.41) is 0. The minimum atomic E-state index is -3.28. The normalized spacial score (nSPS) is 20.7. The largest absolute Gasteiger partial charge is 0.303 e. The quantitative estimate of drug-likeness (QED) is 0.672. The van der Waals surface area contributed by atoms with Crippen LogP contribution in [0.15, 0.2) is 0 Å². The summed E-state index contributed by atoms with van der Waals surface area (Å²) in [6, 6.07) is 0. The lowest BCUT2D eigenvalue weighted by Gasteiger charge is -2.30. The molecule has 4 nitrogen and oxygen atoms in total. The molecule has 1 heterocycles. The average Bonchev–Trinajstić information content (AvgIpc) is 2.14. The molecule has 0 amide bonds. The van der Waals surface area contributed by atoms with Crippen molar-refractivity contribution in [3.8, 4) is 0 Å². The lowest BCUT2D eigenvalue weighted by Crippen LogP contribution is -2.38. The highest BCUT2D eigenvalue weighted by Crippen LogP contribution is 2.15. The minimum Gasteiger partial charge on any atom is -0.303 e. The van der Waals surface area contributed by atoms with E-state index in [0.29, 0.717) is 0 Å². The van der Waals surface area contributed by atoms with Gasteiger partial charge in [0.15, 0.2) is 0 Å². The van der Waals surface area contributed by atoms with Gasteiger partial charge in [0.2, 0.25) is 0 Å². The van der Waals surface area contributed by atoms with E-state index in [-0.39, 0.29) is 6.10 Å². The summed E-state index contributed by atoms with van der Waals surface area (Å²) < 4.78 is 26.8. The molecular formula is C10H21NO3S. The number of likely N-dealkylation sites (tertiary alicyclic amines) is 1. The molecule has 1 aliphatic heterocycles. The van der Waals surface area contributed by atoms with Crippen LogP contribution in [0.2, 0.25) is 0 Å². The molecule has 5 heteroatoms. The summed E-state index contributed by atoms with van der Waals surface area (Å²) in [6.07, 6.45) is 5.11. The van der Waals surface area contributed by atoms with E-state index in [4.69, 9.17) is 4.18 Å². The van der Waals surface area contributed by atoms with Crippen LogP contribution in [0.3, 0.4) is 0 Å². The predicted octanol–water partition coefficient (Wildman–Crippen LogP) is 1.23. The maximum atomic E-state index is 10.9. The Morgan fingerprint density at radius 3 is 2.40 bits per heavy atom. The van der Waals surface area contributed by atoms with Gasteiger partial charge in [-0.05, 0) is 25.8 Å². The van der Waals surface area contributed by atoms with E-state index in [1.54, 1.807) is 0 Å². The fourth-order valence-corrected chi connectivity index (χ4v) is 2.54. The zero-order chi connectivity index (χ0) is 11.3. The van der Waals surface area contributed by atoms with Crippen molar-refractivity contribution < 1.29 is 12.6 Å². The second kappa shape index (κ2) is 5.82. The molecule has 0 aromatic rings. The third-order valence-electron chi connectivity index (χ3n) is 2.67. The second-order valence-electron chi connectivity index (χ2n) is 4.19. The van der Waals surface area contributed by atoms with Crippen LogP contribution >= 0.6 is 0 Å². The zero-order valence-electron chi connectivity index (χ0n) is 9.61. The third-order valence-corrected chi connectivity index (χ3v) is 3.30. The first-order valence-corrected chi connectivity index (χ1v) is 7.43. The monoisotopic (exact) mass is 235 g/mol. The summed E-state index contributed by atoms with van der Waals surface area (Å²) >= 11 is 0. The molecule has 1 saturated heterocycles. The fourth-order valence-electron chi connectivity index (χ4n) is 1.86. The summed E-state index contributed by atoms with van der Waals surface area (Å²) in [5.74, 6) is 0. The van der Waals surface area contributed by atoms with Gasteiger partial charge in [-0.3, -0.25) is 4.18 Å². The summed E-state index contributed by atoms with van der Waals surface area (Å²) in [7, 11) is -3.28. The number of unbranched alkanes of at least 4 members (excludes halogenated alkanes) is 1. The molecule has 0 atom stereocenters. The lowest BCUT2D eigenvalue weighted by molar-refractivity contribution is 0.106. The molecule has 0 radical (unpaired) electrons. The second-order valence-corrected chi connectivity index (χ2v) is 5.80. The number of hydrogen-bond donors (Lipinski definition) is 0. The molecule has 0 aromatic carbocycles. The molecule has 0 aliphatic carbocycles. The van der Waals surface area contributed by atoms with Gasteiger partial charge in [-0.15, -0.1) is 0 Å². The van der Waals surface area contributed by atoms with E-state index in [2.05, 4.69) is 11.8 Å². The van der Waals surface area contributed by atoms with Gasteiger partial charge in [-0.25, -0.2) is 0 Å². The molecule has 1 fully saturated rings. The van der Waals surface area contributed by atoms with Crippen molar-refractivity contribution >= 4 is 10.1 Å². The lowest BCUT2D eigenvalue weighted by atomic mass is 10.1. The summed E-state index contributed by atoms with van der Waals surface area (Å²) in [5.41, 5.74) is 0. The molecule has 1 aliphatic rings. The third kappa shape index (κ3) is 5.49. The topological polar surface area (TPSA) is 46.6 Å². The van der Waals surface area contributed by atoms with E-state index >= 15 is 0 Å². The standard InChI is InChI=1S/C10H21NO3S/c1-3-4-7-11-8-5-10(6-9-11)14-15(2,12)13/h10H,3-9H2,1-2H3. The molecule has 15 heavy (non-hydrogen) atoms. The summed E-state index contributed by atoms with van der Waals surface area (Å²) in [6.45, 7) is 5.22. The SMILES string of the molecule is CCCCN1CCC(OS(C)(=O)=O)CC1. The van der Waals surface area contributed by atoms with Gasteiger partial charge < -0.3 is 4.90 Å². The minimum absolute atomic E-state index is 0.0992. The average molecular weight is 235 g/mol. The van der Waals surface area contributed by atoms with Crippen LogP contribution in [0.1, 0.15) is 32.6 Å². The Hall–Kier alpha value is -0.130. The van der Waals surface area contributed by atoms with Crippen LogP contribution in [0.4, 0.5) is 0 Å². The number of piperidine rings is 1. The maximum absolute atomic E-state index is 10.9. The molecular weight excluding hydrogens is 214 g/mol. The molecule has 0 spiro atoms. The van der Waals surface area contributed by atoms with E-state index < -0.39 is 10.1 Å². The van der Waals surface area contributed by atoms with Crippen molar-refractivity contribution in [2.24, 2.45) is 0 Å². The van der Waals surface area contributed by atoms with Gasteiger partial charge >= 0.3 is 0 Å². The Morgan fingerprint density at radius 2 is 1.93 bits per heavy atom. The highest BCUT2D eigenvalue weighted by molar-refractivity contribution is 7.86. The first kappa shape index (κ1) is 12.9. The molecule has 0 unspecified atom stereocenters. The molecule has 0 saturated carbocycles. The van der Waals surface area contributed by atoms with Gasteiger partial charge in [0.1, 0.15) is 0 Å². The molecule has 0 bridgehead atoms. The van der Waals surface area contributed by atoms with Gasteiger partial charge in [-0.1, -0.05) is 13.3 Å².